The van der Waals surface area contributed by atoms with Gasteiger partial charge >= 0.3 is 12.1 Å². The van der Waals surface area contributed by atoms with E-state index >= 15 is 0 Å². The first-order valence-corrected chi connectivity index (χ1v) is 8.20. The van der Waals surface area contributed by atoms with E-state index < -0.39 is 11.6 Å². The second-order valence-corrected chi connectivity index (χ2v) is 6.44. The van der Waals surface area contributed by atoms with Crippen molar-refractivity contribution in [1.82, 2.24) is 10.6 Å². The third-order valence-corrected chi connectivity index (χ3v) is 2.94. The molecule has 1 amide bonds. The summed E-state index contributed by atoms with van der Waals surface area (Å²) in [6.45, 7) is 7.97. The monoisotopic (exact) mass is 316 g/mol. The van der Waals surface area contributed by atoms with Gasteiger partial charge in [-0.15, -0.1) is 0 Å². The molecule has 0 aliphatic heterocycles. The molecule has 22 heavy (non-hydrogen) atoms. The highest BCUT2D eigenvalue weighted by Crippen LogP contribution is 2.06. The van der Waals surface area contributed by atoms with Gasteiger partial charge in [0.1, 0.15) is 5.60 Å². The zero-order valence-corrected chi connectivity index (χ0v) is 14.2. The topological polar surface area (TPSA) is 87.7 Å². The van der Waals surface area contributed by atoms with Crippen LogP contribution >= 0.6 is 0 Å². The van der Waals surface area contributed by atoms with Crippen LogP contribution in [0.15, 0.2) is 0 Å². The SMILES string of the molecule is CC(C)(C)OC(=O)NCCCNCCCCCCCC(=O)O. The lowest BCUT2D eigenvalue weighted by Crippen LogP contribution is -2.34. The Hall–Kier alpha value is -1.30. The third-order valence-electron chi connectivity index (χ3n) is 2.94. The number of carbonyl (C=O) groups excluding carboxylic acids is 1. The van der Waals surface area contributed by atoms with Crippen molar-refractivity contribution in [2.45, 2.75) is 71.3 Å². The predicted octanol–water partition coefficient (Wildman–Crippen LogP) is 2.92. The third kappa shape index (κ3) is 16.8. The molecule has 0 spiro atoms. The molecule has 6 nitrogen and oxygen atoms in total. The standard InChI is InChI=1S/C16H32N2O4/c1-16(2,3)22-15(21)18-13-9-12-17-11-8-6-4-5-7-10-14(19)20/h17H,4-13H2,1-3H3,(H,18,21)(H,19,20). The average molecular weight is 316 g/mol. The highest BCUT2D eigenvalue weighted by molar-refractivity contribution is 5.67. The lowest BCUT2D eigenvalue weighted by Gasteiger charge is -2.19. The first-order chi connectivity index (χ1) is 10.3. The molecule has 0 aromatic carbocycles. The molecule has 130 valence electrons. The van der Waals surface area contributed by atoms with Gasteiger partial charge in [0.25, 0.3) is 0 Å². The lowest BCUT2D eigenvalue weighted by atomic mass is 10.1. The fraction of sp³-hybridized carbons (Fsp3) is 0.875. The summed E-state index contributed by atoms with van der Waals surface area (Å²) in [5.74, 6) is -0.707. The molecule has 0 unspecified atom stereocenters. The molecule has 0 rings (SSSR count). The van der Waals surface area contributed by atoms with Gasteiger partial charge in [0.05, 0.1) is 0 Å². The summed E-state index contributed by atoms with van der Waals surface area (Å²) in [5.41, 5.74) is -0.452. The number of carbonyl (C=O) groups is 2. The minimum atomic E-state index is -0.707. The van der Waals surface area contributed by atoms with Gasteiger partial charge in [-0.05, 0) is 53.1 Å². The molecule has 3 N–H and O–H groups in total. The van der Waals surface area contributed by atoms with Crippen LogP contribution in [0.25, 0.3) is 0 Å². The fourth-order valence-electron chi connectivity index (χ4n) is 1.90. The molecular weight excluding hydrogens is 284 g/mol. The number of rotatable bonds is 12. The largest absolute Gasteiger partial charge is 0.481 e. The smallest absolute Gasteiger partial charge is 0.407 e. The van der Waals surface area contributed by atoms with E-state index in [2.05, 4.69) is 10.6 Å². The Morgan fingerprint density at radius 1 is 0.909 bits per heavy atom. The minimum Gasteiger partial charge on any atom is -0.481 e. The van der Waals surface area contributed by atoms with Gasteiger partial charge in [-0.3, -0.25) is 4.79 Å². The number of unbranched alkanes of at least 4 members (excludes halogenated alkanes) is 4. The highest BCUT2D eigenvalue weighted by Gasteiger charge is 2.15. The van der Waals surface area contributed by atoms with Gasteiger partial charge in [0, 0.05) is 13.0 Å². The van der Waals surface area contributed by atoms with Crippen LogP contribution in [0.2, 0.25) is 0 Å². The number of hydrogen-bond acceptors (Lipinski definition) is 4. The summed E-state index contributed by atoms with van der Waals surface area (Å²) in [6, 6.07) is 0. The summed E-state index contributed by atoms with van der Waals surface area (Å²) in [7, 11) is 0. The number of amides is 1. The molecule has 0 heterocycles. The second-order valence-electron chi connectivity index (χ2n) is 6.44. The molecule has 0 aliphatic carbocycles. The van der Waals surface area contributed by atoms with Crippen molar-refractivity contribution in [3.05, 3.63) is 0 Å². The van der Waals surface area contributed by atoms with E-state index in [0.717, 1.165) is 51.6 Å². The van der Waals surface area contributed by atoms with Crippen molar-refractivity contribution < 1.29 is 19.4 Å². The Morgan fingerprint density at radius 3 is 2.14 bits per heavy atom. The molecule has 0 saturated carbocycles. The van der Waals surface area contributed by atoms with Crippen molar-refractivity contribution in [3.63, 3.8) is 0 Å². The van der Waals surface area contributed by atoms with Crippen LogP contribution < -0.4 is 10.6 Å². The van der Waals surface area contributed by atoms with Crippen molar-refractivity contribution >= 4 is 12.1 Å². The Kier molecular flexibility index (Phi) is 11.5. The van der Waals surface area contributed by atoms with Crippen LogP contribution in [0.1, 0.15) is 65.7 Å². The maximum absolute atomic E-state index is 11.4. The molecule has 6 heteroatoms. The second kappa shape index (κ2) is 12.3. The van der Waals surface area contributed by atoms with Crippen molar-refractivity contribution in [1.29, 1.82) is 0 Å². The summed E-state index contributed by atoms with van der Waals surface area (Å²) < 4.78 is 5.14. The van der Waals surface area contributed by atoms with Crippen LogP contribution in [0.4, 0.5) is 4.79 Å². The zero-order chi connectivity index (χ0) is 16.8. The number of carboxylic acids is 1. The first-order valence-electron chi connectivity index (χ1n) is 8.20. The lowest BCUT2D eigenvalue weighted by molar-refractivity contribution is -0.137. The summed E-state index contributed by atoms with van der Waals surface area (Å²) in [6.07, 6.45) is 5.88. The molecule has 0 radical (unpaired) electrons. The Labute approximate surface area is 134 Å². The first kappa shape index (κ1) is 20.7. The van der Waals surface area contributed by atoms with Crippen LogP contribution in [-0.2, 0) is 9.53 Å². The van der Waals surface area contributed by atoms with E-state index in [9.17, 15) is 9.59 Å². The molecule has 0 aliphatic rings. The predicted molar refractivity (Wildman–Crippen MR) is 87.1 cm³/mol. The van der Waals surface area contributed by atoms with Gasteiger partial charge in [-0.1, -0.05) is 19.3 Å². The van der Waals surface area contributed by atoms with Crippen LogP contribution in [0.3, 0.4) is 0 Å². The summed E-state index contributed by atoms with van der Waals surface area (Å²) >= 11 is 0. The van der Waals surface area contributed by atoms with E-state index in [4.69, 9.17) is 9.84 Å². The number of nitrogens with one attached hydrogen (secondary N) is 2. The summed E-state index contributed by atoms with van der Waals surface area (Å²) in [4.78, 5) is 21.7. The van der Waals surface area contributed by atoms with E-state index in [1.807, 2.05) is 20.8 Å². The van der Waals surface area contributed by atoms with E-state index in [1.165, 1.54) is 0 Å². The maximum atomic E-state index is 11.4. The van der Waals surface area contributed by atoms with Crippen LogP contribution in [0.5, 0.6) is 0 Å². The van der Waals surface area contributed by atoms with Gasteiger partial charge in [0.2, 0.25) is 0 Å². The highest BCUT2D eigenvalue weighted by atomic mass is 16.6. The maximum Gasteiger partial charge on any atom is 0.407 e. The molecule has 0 aromatic rings. The van der Waals surface area contributed by atoms with Crippen molar-refractivity contribution in [2.24, 2.45) is 0 Å². The zero-order valence-electron chi connectivity index (χ0n) is 14.2. The van der Waals surface area contributed by atoms with E-state index in [0.29, 0.717) is 6.54 Å². The normalized spacial score (nSPS) is 11.2. The van der Waals surface area contributed by atoms with E-state index in [1.54, 1.807) is 0 Å². The van der Waals surface area contributed by atoms with Crippen LogP contribution in [0, 0.1) is 0 Å². The van der Waals surface area contributed by atoms with Crippen molar-refractivity contribution in [3.8, 4) is 0 Å². The van der Waals surface area contributed by atoms with Gasteiger partial charge in [-0.2, -0.15) is 0 Å². The average Bonchev–Trinajstić information content (AvgIpc) is 2.37. The number of hydrogen-bond donors (Lipinski definition) is 3. The Balaban J connectivity index is 3.21. The molecule has 0 fully saturated rings. The summed E-state index contributed by atoms with van der Waals surface area (Å²) in [5, 5.41) is 14.6. The number of aliphatic carboxylic acids is 1. The number of carboxylic acid groups (broad SMARTS) is 1. The number of alkyl carbamates (subject to hydrolysis) is 1. The molecule has 0 saturated heterocycles. The quantitative estimate of drug-likeness (QED) is 0.482. The van der Waals surface area contributed by atoms with Gasteiger partial charge in [0.15, 0.2) is 0 Å². The Morgan fingerprint density at radius 2 is 1.50 bits per heavy atom. The Bertz CT molecular complexity index is 314. The number of ether oxygens (including phenoxy) is 1. The fourth-order valence-corrected chi connectivity index (χ4v) is 1.90. The van der Waals surface area contributed by atoms with Crippen molar-refractivity contribution in [2.75, 3.05) is 19.6 Å². The molecular formula is C16H32N2O4. The minimum absolute atomic E-state index is 0.281. The molecule has 0 aromatic heterocycles. The van der Waals surface area contributed by atoms with Gasteiger partial charge < -0.3 is 20.5 Å². The van der Waals surface area contributed by atoms with Crippen LogP contribution in [-0.4, -0.2) is 42.4 Å². The van der Waals surface area contributed by atoms with E-state index in [-0.39, 0.29) is 12.5 Å². The molecule has 0 bridgehead atoms. The van der Waals surface area contributed by atoms with Gasteiger partial charge in [-0.25, -0.2) is 4.79 Å². The molecule has 0 atom stereocenters.